The Morgan fingerprint density at radius 1 is 1.19 bits per heavy atom. The number of amides is 1. The quantitative estimate of drug-likeness (QED) is 0.811. The summed E-state index contributed by atoms with van der Waals surface area (Å²) in [7, 11) is 3.13. The monoisotopic (exact) mass is 358 g/mol. The first-order chi connectivity index (χ1) is 12.5. The van der Waals surface area contributed by atoms with E-state index in [4.69, 9.17) is 9.47 Å². The Bertz CT molecular complexity index is 822. The maximum Gasteiger partial charge on any atom is 0.220 e. The van der Waals surface area contributed by atoms with Crippen LogP contribution in [-0.4, -0.2) is 36.8 Å². The molecule has 1 aliphatic heterocycles. The summed E-state index contributed by atoms with van der Waals surface area (Å²) in [6, 6.07) is 10.1. The normalized spacial score (nSPS) is 17.4. The number of ether oxygens (including phenoxy) is 2. The average molecular weight is 358 g/mol. The highest BCUT2D eigenvalue weighted by Crippen LogP contribution is 2.42. The Hall–Kier alpha value is -2.61. The van der Waals surface area contributed by atoms with Crippen molar-refractivity contribution < 1.29 is 24.7 Å². The van der Waals surface area contributed by atoms with Gasteiger partial charge >= 0.3 is 0 Å². The molecule has 0 spiro atoms. The van der Waals surface area contributed by atoms with E-state index in [1.54, 1.807) is 43.4 Å². The van der Waals surface area contributed by atoms with E-state index < -0.39 is 11.3 Å². The minimum Gasteiger partial charge on any atom is -0.595 e. The van der Waals surface area contributed by atoms with Gasteiger partial charge in [-0.05, 0) is 29.7 Å². The molecule has 26 heavy (non-hydrogen) atoms. The standard InChI is InChI=1S/C19H22N2O5/c1-12(22)20-9-8-13-10-17(25-2)18(26-3)11-15(13)19(20)14-6-4-5-7-16(14)21(23)24/h4-7,10-11,19,21,23H,8-9H2,1-3H3/t19-/m0/s1. The second-order valence-corrected chi connectivity index (χ2v) is 6.16. The van der Waals surface area contributed by atoms with Gasteiger partial charge < -0.3 is 19.6 Å². The number of rotatable bonds is 4. The van der Waals surface area contributed by atoms with Crippen LogP contribution in [0.15, 0.2) is 36.4 Å². The fourth-order valence-corrected chi connectivity index (χ4v) is 3.55. The molecule has 0 aromatic heterocycles. The lowest BCUT2D eigenvalue weighted by atomic mass is 9.87. The van der Waals surface area contributed by atoms with Crippen molar-refractivity contribution in [3.05, 3.63) is 58.3 Å². The van der Waals surface area contributed by atoms with Crippen LogP contribution >= 0.6 is 0 Å². The maximum absolute atomic E-state index is 12.3. The zero-order chi connectivity index (χ0) is 18.8. The van der Waals surface area contributed by atoms with Gasteiger partial charge in [0, 0.05) is 25.1 Å². The molecule has 0 fully saturated rings. The second-order valence-electron chi connectivity index (χ2n) is 6.16. The summed E-state index contributed by atoms with van der Waals surface area (Å²) in [5, 5.41) is 20.3. The number of methoxy groups -OCH3 is 2. The first-order valence-electron chi connectivity index (χ1n) is 8.32. The molecule has 2 N–H and O–H groups in total. The highest BCUT2D eigenvalue weighted by Gasteiger charge is 2.34. The molecule has 2 aromatic rings. The topological polar surface area (TPSA) is 86.5 Å². The van der Waals surface area contributed by atoms with Crippen molar-refractivity contribution >= 4 is 11.6 Å². The molecule has 0 radical (unpaired) electrons. The Morgan fingerprint density at radius 2 is 1.85 bits per heavy atom. The predicted octanol–water partition coefficient (Wildman–Crippen LogP) is 1.60. The lowest BCUT2D eigenvalue weighted by Crippen LogP contribution is -2.99. The van der Waals surface area contributed by atoms with Gasteiger partial charge in [-0.25, -0.2) is 5.21 Å². The van der Waals surface area contributed by atoms with Gasteiger partial charge in [0.15, 0.2) is 17.2 Å². The van der Waals surface area contributed by atoms with Crippen LogP contribution < -0.4 is 14.7 Å². The van der Waals surface area contributed by atoms with E-state index in [9.17, 15) is 15.2 Å². The van der Waals surface area contributed by atoms with E-state index in [0.29, 0.717) is 30.0 Å². The molecule has 2 aromatic carbocycles. The van der Waals surface area contributed by atoms with Gasteiger partial charge in [0.1, 0.15) is 0 Å². The molecule has 0 saturated carbocycles. The molecule has 7 heteroatoms. The molecule has 1 aliphatic rings. The average Bonchev–Trinajstić information content (AvgIpc) is 2.65. The van der Waals surface area contributed by atoms with E-state index in [1.165, 1.54) is 6.92 Å². The van der Waals surface area contributed by atoms with Gasteiger partial charge in [-0.1, -0.05) is 18.2 Å². The first kappa shape index (κ1) is 18.2. The van der Waals surface area contributed by atoms with Crippen LogP contribution in [-0.2, 0) is 11.2 Å². The Morgan fingerprint density at radius 3 is 2.46 bits per heavy atom. The van der Waals surface area contributed by atoms with Crippen LogP contribution in [0.4, 0.5) is 5.69 Å². The van der Waals surface area contributed by atoms with E-state index in [0.717, 1.165) is 11.1 Å². The van der Waals surface area contributed by atoms with Gasteiger partial charge in [0.25, 0.3) is 0 Å². The molecule has 0 aliphatic carbocycles. The van der Waals surface area contributed by atoms with Crippen molar-refractivity contribution in [2.24, 2.45) is 0 Å². The number of hydrogen-bond donors (Lipinski definition) is 2. The van der Waals surface area contributed by atoms with Gasteiger partial charge in [-0.3, -0.25) is 4.79 Å². The van der Waals surface area contributed by atoms with Crippen molar-refractivity contribution in [2.75, 3.05) is 20.8 Å². The number of benzene rings is 2. The smallest absolute Gasteiger partial charge is 0.220 e. The minimum atomic E-state index is -1.02. The van der Waals surface area contributed by atoms with Crippen molar-refractivity contribution in [2.45, 2.75) is 19.4 Å². The van der Waals surface area contributed by atoms with E-state index in [1.807, 2.05) is 12.1 Å². The summed E-state index contributed by atoms with van der Waals surface area (Å²) in [5.74, 6) is 1.07. The molecule has 1 unspecified atom stereocenters. The number of fused-ring (bicyclic) bond motifs is 1. The predicted molar refractivity (Wildman–Crippen MR) is 94.7 cm³/mol. The third-order valence-corrected chi connectivity index (χ3v) is 4.76. The molecular formula is C19H22N2O5. The van der Waals surface area contributed by atoms with Crippen molar-refractivity contribution in [3.63, 3.8) is 0 Å². The SMILES string of the molecule is COc1cc2c(cc1OC)[C@H](c1ccccc1[NH+]([O-])O)N(C(C)=O)CC2. The largest absolute Gasteiger partial charge is 0.595 e. The lowest BCUT2D eigenvalue weighted by Gasteiger charge is -2.38. The molecule has 0 bridgehead atoms. The third-order valence-electron chi connectivity index (χ3n) is 4.76. The maximum atomic E-state index is 12.3. The van der Waals surface area contributed by atoms with Crippen molar-refractivity contribution in [1.82, 2.24) is 4.90 Å². The number of para-hydroxylation sites is 1. The molecule has 2 atom stereocenters. The van der Waals surface area contributed by atoms with Crippen LogP contribution in [0.25, 0.3) is 0 Å². The summed E-state index contributed by atoms with van der Waals surface area (Å²) in [4.78, 5) is 14.0. The Labute approximate surface area is 151 Å². The van der Waals surface area contributed by atoms with Crippen LogP contribution in [0.2, 0.25) is 0 Å². The fourth-order valence-electron chi connectivity index (χ4n) is 3.55. The number of nitrogens with zero attached hydrogens (tertiary/aromatic N) is 1. The van der Waals surface area contributed by atoms with E-state index in [2.05, 4.69) is 0 Å². The third kappa shape index (κ3) is 3.12. The first-order valence-corrected chi connectivity index (χ1v) is 8.32. The highest BCUT2D eigenvalue weighted by atomic mass is 16.8. The number of carbonyl (C=O) groups excluding carboxylic acids is 1. The van der Waals surface area contributed by atoms with Crippen molar-refractivity contribution in [1.29, 1.82) is 0 Å². The Balaban J connectivity index is 2.23. The number of quaternary nitrogens is 1. The molecule has 7 nitrogen and oxygen atoms in total. The lowest BCUT2D eigenvalue weighted by molar-refractivity contribution is -0.991. The van der Waals surface area contributed by atoms with Crippen LogP contribution in [0.1, 0.15) is 29.7 Å². The van der Waals surface area contributed by atoms with Crippen LogP contribution in [0.5, 0.6) is 11.5 Å². The Kier molecular flexibility index (Phi) is 5.13. The van der Waals surface area contributed by atoms with E-state index in [-0.39, 0.29) is 11.6 Å². The second kappa shape index (κ2) is 7.33. The number of carbonyl (C=O) groups is 1. The number of hydrogen-bond acceptors (Lipinski definition) is 5. The fraction of sp³-hybridized carbons (Fsp3) is 0.316. The van der Waals surface area contributed by atoms with Gasteiger partial charge in [0.2, 0.25) is 5.91 Å². The summed E-state index contributed by atoms with van der Waals surface area (Å²) in [6.07, 6.45) is 0.668. The zero-order valence-corrected chi connectivity index (χ0v) is 15.0. The zero-order valence-electron chi connectivity index (χ0n) is 15.0. The molecule has 1 amide bonds. The van der Waals surface area contributed by atoms with Crippen LogP contribution in [0, 0.1) is 5.21 Å². The summed E-state index contributed by atoms with van der Waals surface area (Å²) in [6.45, 7) is 2.01. The molecule has 1 heterocycles. The number of nitrogens with one attached hydrogen (secondary N) is 1. The molecule has 138 valence electrons. The summed E-state index contributed by atoms with van der Waals surface area (Å²) >= 11 is 0. The van der Waals surface area contributed by atoms with Crippen molar-refractivity contribution in [3.8, 4) is 11.5 Å². The summed E-state index contributed by atoms with van der Waals surface area (Å²) in [5.41, 5.74) is 2.65. The van der Waals surface area contributed by atoms with Gasteiger partial charge in [-0.15, -0.1) is 0 Å². The summed E-state index contributed by atoms with van der Waals surface area (Å²) < 4.78 is 10.8. The van der Waals surface area contributed by atoms with Crippen LogP contribution in [0.3, 0.4) is 0 Å². The minimum absolute atomic E-state index is 0.101. The van der Waals surface area contributed by atoms with Gasteiger partial charge in [-0.2, -0.15) is 5.23 Å². The van der Waals surface area contributed by atoms with Gasteiger partial charge in [0.05, 0.1) is 20.3 Å². The van der Waals surface area contributed by atoms with E-state index >= 15 is 0 Å². The molecule has 3 rings (SSSR count). The molecule has 0 saturated heterocycles. The highest BCUT2D eigenvalue weighted by molar-refractivity contribution is 5.75. The molecular weight excluding hydrogens is 336 g/mol.